The van der Waals surface area contributed by atoms with E-state index in [2.05, 4.69) is 50.4 Å². The topological polar surface area (TPSA) is 38.3 Å². The standard InChI is InChI=1S/C21H27NO2/c1-6-20(19-8-7-14(2)10-17(19)5)22-21(23)13-24-18-11-15(3)9-16(4)12-18/h7-12,20H,6,13H2,1-5H3,(H,22,23). The number of aryl methyl sites for hydroxylation is 4. The van der Waals surface area contributed by atoms with Crippen LogP contribution in [0.25, 0.3) is 0 Å². The van der Waals surface area contributed by atoms with Gasteiger partial charge in [0.05, 0.1) is 6.04 Å². The van der Waals surface area contributed by atoms with Crippen molar-refractivity contribution in [1.82, 2.24) is 5.32 Å². The molecular weight excluding hydrogens is 298 g/mol. The first kappa shape index (κ1) is 18.1. The Morgan fingerprint density at radius 3 is 2.25 bits per heavy atom. The maximum Gasteiger partial charge on any atom is 0.258 e. The summed E-state index contributed by atoms with van der Waals surface area (Å²) in [6.07, 6.45) is 0.846. The molecule has 128 valence electrons. The Hall–Kier alpha value is -2.29. The molecule has 3 heteroatoms. The Balaban J connectivity index is 1.99. The second kappa shape index (κ2) is 8.00. The largest absolute Gasteiger partial charge is 0.484 e. The van der Waals surface area contributed by atoms with Crippen LogP contribution in [0.4, 0.5) is 0 Å². The quantitative estimate of drug-likeness (QED) is 0.845. The molecule has 2 rings (SSSR count). The maximum atomic E-state index is 12.3. The third-order valence-corrected chi connectivity index (χ3v) is 4.11. The average Bonchev–Trinajstić information content (AvgIpc) is 2.50. The van der Waals surface area contributed by atoms with Gasteiger partial charge in [-0.05, 0) is 68.5 Å². The second-order valence-corrected chi connectivity index (χ2v) is 6.50. The van der Waals surface area contributed by atoms with Gasteiger partial charge in [0.25, 0.3) is 5.91 Å². The van der Waals surface area contributed by atoms with E-state index in [9.17, 15) is 4.79 Å². The number of carbonyl (C=O) groups is 1. The molecule has 24 heavy (non-hydrogen) atoms. The molecule has 0 spiro atoms. The van der Waals surface area contributed by atoms with Gasteiger partial charge in [-0.25, -0.2) is 0 Å². The van der Waals surface area contributed by atoms with Gasteiger partial charge in [-0.2, -0.15) is 0 Å². The van der Waals surface area contributed by atoms with Gasteiger partial charge in [0, 0.05) is 0 Å². The van der Waals surface area contributed by atoms with Crippen molar-refractivity contribution in [3.05, 3.63) is 64.2 Å². The summed E-state index contributed by atoms with van der Waals surface area (Å²) in [4.78, 5) is 12.3. The van der Waals surface area contributed by atoms with Crippen molar-refractivity contribution in [3.63, 3.8) is 0 Å². The van der Waals surface area contributed by atoms with Crippen LogP contribution in [-0.2, 0) is 4.79 Å². The van der Waals surface area contributed by atoms with Gasteiger partial charge in [0.2, 0.25) is 0 Å². The van der Waals surface area contributed by atoms with E-state index in [0.717, 1.165) is 23.3 Å². The third-order valence-electron chi connectivity index (χ3n) is 4.11. The molecule has 0 aromatic heterocycles. The third kappa shape index (κ3) is 4.85. The molecule has 0 aliphatic carbocycles. The number of rotatable bonds is 6. The molecule has 1 atom stereocenters. The molecule has 1 unspecified atom stereocenters. The van der Waals surface area contributed by atoms with Gasteiger partial charge >= 0.3 is 0 Å². The molecule has 0 aliphatic rings. The zero-order valence-corrected chi connectivity index (χ0v) is 15.3. The van der Waals surface area contributed by atoms with Crippen molar-refractivity contribution in [3.8, 4) is 5.75 Å². The summed E-state index contributed by atoms with van der Waals surface area (Å²) in [5, 5.41) is 3.08. The molecule has 0 saturated heterocycles. The molecule has 0 radical (unpaired) electrons. The highest BCUT2D eigenvalue weighted by molar-refractivity contribution is 5.78. The lowest BCUT2D eigenvalue weighted by atomic mass is 9.97. The van der Waals surface area contributed by atoms with Gasteiger partial charge in [-0.15, -0.1) is 0 Å². The van der Waals surface area contributed by atoms with E-state index in [1.807, 2.05) is 26.0 Å². The molecule has 1 N–H and O–H groups in total. The van der Waals surface area contributed by atoms with Crippen molar-refractivity contribution < 1.29 is 9.53 Å². The smallest absolute Gasteiger partial charge is 0.258 e. The van der Waals surface area contributed by atoms with Crippen LogP contribution in [0.2, 0.25) is 0 Å². The van der Waals surface area contributed by atoms with E-state index in [1.165, 1.54) is 16.7 Å². The summed E-state index contributed by atoms with van der Waals surface area (Å²) in [7, 11) is 0. The molecule has 0 fully saturated rings. The highest BCUT2D eigenvalue weighted by Gasteiger charge is 2.15. The molecule has 2 aromatic carbocycles. The molecule has 0 heterocycles. The Labute approximate surface area is 145 Å². The van der Waals surface area contributed by atoms with Crippen LogP contribution in [0, 0.1) is 27.7 Å². The van der Waals surface area contributed by atoms with Gasteiger partial charge < -0.3 is 10.1 Å². The molecule has 0 saturated carbocycles. The Morgan fingerprint density at radius 2 is 1.67 bits per heavy atom. The number of carbonyl (C=O) groups excluding carboxylic acids is 1. The zero-order valence-electron chi connectivity index (χ0n) is 15.3. The fourth-order valence-electron chi connectivity index (χ4n) is 3.02. The summed E-state index contributed by atoms with van der Waals surface area (Å²) in [6.45, 7) is 10.3. The lowest BCUT2D eigenvalue weighted by Gasteiger charge is -2.20. The molecule has 2 aromatic rings. The van der Waals surface area contributed by atoms with Gasteiger partial charge in [-0.1, -0.05) is 36.8 Å². The molecule has 1 amide bonds. The number of ether oxygens (including phenoxy) is 1. The van der Waals surface area contributed by atoms with Crippen LogP contribution in [0.1, 0.15) is 47.2 Å². The minimum Gasteiger partial charge on any atom is -0.484 e. The number of hydrogen-bond acceptors (Lipinski definition) is 2. The van der Waals surface area contributed by atoms with E-state index in [4.69, 9.17) is 4.74 Å². The van der Waals surface area contributed by atoms with Crippen LogP contribution < -0.4 is 10.1 Å². The van der Waals surface area contributed by atoms with Crippen molar-refractivity contribution >= 4 is 5.91 Å². The predicted octanol–water partition coefficient (Wildman–Crippen LogP) is 4.57. The molecule has 3 nitrogen and oxygen atoms in total. The van der Waals surface area contributed by atoms with E-state index < -0.39 is 0 Å². The van der Waals surface area contributed by atoms with Crippen LogP contribution in [0.15, 0.2) is 36.4 Å². The fourth-order valence-corrected chi connectivity index (χ4v) is 3.02. The molecular formula is C21H27NO2. The highest BCUT2D eigenvalue weighted by Crippen LogP contribution is 2.22. The Kier molecular flexibility index (Phi) is 6.02. The summed E-state index contributed by atoms with van der Waals surface area (Å²) in [5.74, 6) is 0.642. The SMILES string of the molecule is CCC(NC(=O)COc1cc(C)cc(C)c1)c1ccc(C)cc1C. The first-order valence-corrected chi connectivity index (χ1v) is 8.46. The summed E-state index contributed by atoms with van der Waals surface area (Å²) >= 11 is 0. The van der Waals surface area contributed by atoms with Crippen molar-refractivity contribution in [2.75, 3.05) is 6.61 Å². The molecule has 0 bridgehead atoms. The van der Waals surface area contributed by atoms with Crippen LogP contribution in [-0.4, -0.2) is 12.5 Å². The summed E-state index contributed by atoms with van der Waals surface area (Å²) in [6, 6.07) is 12.3. The fraction of sp³-hybridized carbons (Fsp3) is 0.381. The number of amides is 1. The second-order valence-electron chi connectivity index (χ2n) is 6.50. The van der Waals surface area contributed by atoms with E-state index in [1.54, 1.807) is 0 Å². The van der Waals surface area contributed by atoms with Crippen LogP contribution >= 0.6 is 0 Å². The minimum absolute atomic E-state index is 0.0148. The van der Waals surface area contributed by atoms with Crippen LogP contribution in [0.5, 0.6) is 5.75 Å². The lowest BCUT2D eigenvalue weighted by molar-refractivity contribution is -0.123. The van der Waals surface area contributed by atoms with Crippen molar-refractivity contribution in [2.45, 2.75) is 47.1 Å². The minimum atomic E-state index is -0.0963. The zero-order chi connectivity index (χ0) is 17.7. The van der Waals surface area contributed by atoms with E-state index in [0.29, 0.717) is 0 Å². The monoisotopic (exact) mass is 325 g/mol. The Morgan fingerprint density at radius 1 is 1.00 bits per heavy atom. The number of hydrogen-bond donors (Lipinski definition) is 1. The summed E-state index contributed by atoms with van der Waals surface area (Å²) < 4.78 is 5.65. The summed E-state index contributed by atoms with van der Waals surface area (Å²) in [5.41, 5.74) is 5.87. The first-order chi connectivity index (χ1) is 11.4. The van der Waals surface area contributed by atoms with Gasteiger partial charge in [0.1, 0.15) is 5.75 Å². The van der Waals surface area contributed by atoms with Gasteiger partial charge in [0.15, 0.2) is 6.61 Å². The molecule has 0 aliphatic heterocycles. The van der Waals surface area contributed by atoms with E-state index >= 15 is 0 Å². The number of benzene rings is 2. The maximum absolute atomic E-state index is 12.3. The normalized spacial score (nSPS) is 11.9. The first-order valence-electron chi connectivity index (χ1n) is 8.46. The predicted molar refractivity (Wildman–Crippen MR) is 98.5 cm³/mol. The lowest BCUT2D eigenvalue weighted by Crippen LogP contribution is -2.32. The van der Waals surface area contributed by atoms with Gasteiger partial charge in [-0.3, -0.25) is 4.79 Å². The average molecular weight is 325 g/mol. The Bertz CT molecular complexity index is 702. The van der Waals surface area contributed by atoms with E-state index in [-0.39, 0.29) is 18.6 Å². The van der Waals surface area contributed by atoms with Crippen molar-refractivity contribution in [2.24, 2.45) is 0 Å². The van der Waals surface area contributed by atoms with Crippen LogP contribution in [0.3, 0.4) is 0 Å². The number of nitrogens with one attached hydrogen (secondary N) is 1. The van der Waals surface area contributed by atoms with Crippen molar-refractivity contribution in [1.29, 1.82) is 0 Å². The highest BCUT2D eigenvalue weighted by atomic mass is 16.5.